The van der Waals surface area contributed by atoms with Gasteiger partial charge in [0.05, 0.1) is 11.7 Å². The summed E-state index contributed by atoms with van der Waals surface area (Å²) in [6, 6.07) is 6.62. The van der Waals surface area contributed by atoms with E-state index in [1.165, 1.54) is 6.08 Å². The molecular formula is C40H47F3N8O2. The molecule has 0 unspecified atom stereocenters. The van der Waals surface area contributed by atoms with Crippen LogP contribution < -0.4 is 14.5 Å². The molecule has 5 heterocycles. The summed E-state index contributed by atoms with van der Waals surface area (Å²) in [6.45, 7) is 8.73. The highest BCUT2D eigenvalue weighted by molar-refractivity contribution is 6.06. The van der Waals surface area contributed by atoms with Crippen molar-refractivity contribution < 1.29 is 22.7 Å². The number of carbonyl (C=O) groups is 1. The Bertz CT molecular complexity index is 2100. The van der Waals surface area contributed by atoms with Crippen LogP contribution in [0.25, 0.3) is 32.9 Å². The van der Waals surface area contributed by atoms with Gasteiger partial charge in [-0.3, -0.25) is 9.89 Å². The molecule has 1 N–H and O–H groups in total. The summed E-state index contributed by atoms with van der Waals surface area (Å²) in [6.07, 6.45) is 5.64. The average molecular weight is 729 g/mol. The fraction of sp³-hybridized carbons (Fsp3) is 0.550. The second-order valence-corrected chi connectivity index (χ2v) is 16.8. The van der Waals surface area contributed by atoms with Gasteiger partial charge >= 0.3 is 6.18 Å². The Morgan fingerprint density at radius 1 is 1.02 bits per heavy atom. The number of ether oxygens (including phenoxy) is 1. The normalized spacial score (nSPS) is 22.2. The van der Waals surface area contributed by atoms with Crippen molar-refractivity contribution in [3.8, 4) is 16.9 Å². The zero-order chi connectivity index (χ0) is 36.9. The minimum absolute atomic E-state index is 0.0351. The second-order valence-electron chi connectivity index (χ2n) is 16.8. The number of piperidine rings is 1. The Morgan fingerprint density at radius 3 is 2.43 bits per heavy atom. The molecule has 4 aromatic rings. The molecular weight excluding hydrogens is 681 g/mol. The fourth-order valence-corrected chi connectivity index (χ4v) is 9.71. The van der Waals surface area contributed by atoms with Gasteiger partial charge in [0.1, 0.15) is 11.3 Å². The molecule has 9 rings (SSSR count). The Hall–Kier alpha value is -4.39. The van der Waals surface area contributed by atoms with Crippen molar-refractivity contribution in [3.63, 3.8) is 0 Å². The van der Waals surface area contributed by atoms with E-state index in [-0.39, 0.29) is 28.4 Å². The predicted molar refractivity (Wildman–Crippen MR) is 200 cm³/mol. The molecule has 10 nitrogen and oxygen atoms in total. The molecule has 53 heavy (non-hydrogen) atoms. The minimum Gasteiger partial charge on any atom is -0.481 e. The maximum Gasteiger partial charge on any atom is 0.422 e. The predicted octanol–water partition coefficient (Wildman–Crippen LogP) is 6.84. The number of carbonyl (C=O) groups excluding carboxylic acids is 1. The number of hydrogen-bond acceptors (Lipinski definition) is 8. The maximum absolute atomic E-state index is 14.1. The van der Waals surface area contributed by atoms with Crippen molar-refractivity contribution in [3.05, 3.63) is 48.2 Å². The summed E-state index contributed by atoms with van der Waals surface area (Å²) in [7, 11) is 4.28. The lowest BCUT2D eigenvalue weighted by Crippen LogP contribution is -2.61. The average Bonchev–Trinajstić information content (AvgIpc) is 3.65. The number of fused-ring (bicyclic) bond motifs is 2. The first-order chi connectivity index (χ1) is 25.3. The molecule has 0 bridgehead atoms. The number of likely N-dealkylation sites (tertiary alicyclic amines) is 1. The standard InChI is InChI=1S/C40H47F3N8O2/c1-5-31(52)50-19-38(20-50)12-14-49(15-13-38)36-28-16-27(25-7-8-25)33(32-24(2)6-9-30-29(32)18-44-47-30)35(53-23-40(41,42)43)34(28)45-37(46-36)51-21-39(22-51)11-10-26(17-39)48(3)4/h5-6,9,16,18,25-26H,1,7-8,10-15,17,19-23H2,2-4H3,(H,44,47)/t26-/m0/s1. The van der Waals surface area contributed by atoms with Crippen LogP contribution in [0.4, 0.5) is 24.9 Å². The Balaban J connectivity index is 1.19. The van der Waals surface area contributed by atoms with Gasteiger partial charge in [-0.25, -0.2) is 4.98 Å². The summed E-state index contributed by atoms with van der Waals surface area (Å²) < 4.78 is 48.4. The number of aromatic nitrogens is 4. The molecule has 2 aliphatic carbocycles. The van der Waals surface area contributed by atoms with E-state index >= 15 is 0 Å². The van der Waals surface area contributed by atoms with Crippen LogP contribution in [0.3, 0.4) is 0 Å². The molecule has 3 saturated heterocycles. The Morgan fingerprint density at radius 2 is 1.77 bits per heavy atom. The van der Waals surface area contributed by atoms with Crippen molar-refractivity contribution in [2.24, 2.45) is 10.8 Å². The van der Waals surface area contributed by atoms with Gasteiger partial charge in [-0.2, -0.15) is 23.3 Å². The smallest absolute Gasteiger partial charge is 0.422 e. The number of H-pyrrole nitrogens is 1. The third-order valence-corrected chi connectivity index (χ3v) is 12.8. The van der Waals surface area contributed by atoms with Gasteiger partial charge in [-0.1, -0.05) is 12.6 Å². The summed E-state index contributed by atoms with van der Waals surface area (Å²) >= 11 is 0. The number of halogens is 3. The van der Waals surface area contributed by atoms with Crippen molar-refractivity contribution in [1.82, 2.24) is 30.0 Å². The number of aryl methyl sites for hydroxylation is 1. The zero-order valence-corrected chi connectivity index (χ0v) is 30.7. The fourth-order valence-electron chi connectivity index (χ4n) is 9.71. The molecule has 3 aliphatic heterocycles. The highest BCUT2D eigenvalue weighted by Crippen LogP contribution is 2.54. The lowest BCUT2D eigenvalue weighted by molar-refractivity contribution is -0.153. The number of alkyl halides is 3. The number of amides is 1. The van der Waals surface area contributed by atoms with Gasteiger partial charge in [0.2, 0.25) is 11.9 Å². The van der Waals surface area contributed by atoms with E-state index in [2.05, 4.69) is 51.6 Å². The van der Waals surface area contributed by atoms with E-state index in [9.17, 15) is 18.0 Å². The van der Waals surface area contributed by atoms with Crippen LogP contribution in [-0.4, -0.2) is 108 Å². The molecule has 13 heteroatoms. The number of rotatable bonds is 8. The molecule has 2 spiro atoms. The highest BCUT2D eigenvalue weighted by Gasteiger charge is 2.50. The third kappa shape index (κ3) is 5.99. The topological polar surface area (TPSA) is 93.7 Å². The molecule has 1 amide bonds. The first-order valence-corrected chi connectivity index (χ1v) is 18.9. The molecule has 5 fully saturated rings. The molecule has 2 saturated carbocycles. The largest absolute Gasteiger partial charge is 0.481 e. The lowest BCUT2D eigenvalue weighted by Gasteiger charge is -2.54. The number of nitrogens with zero attached hydrogens (tertiary/aromatic N) is 7. The molecule has 280 valence electrons. The third-order valence-electron chi connectivity index (χ3n) is 12.8. The van der Waals surface area contributed by atoms with Gasteiger partial charge < -0.3 is 24.3 Å². The van der Waals surface area contributed by atoms with Crippen molar-refractivity contribution >= 4 is 39.5 Å². The van der Waals surface area contributed by atoms with Crippen LogP contribution in [0.1, 0.15) is 62.0 Å². The van der Waals surface area contributed by atoms with Crippen LogP contribution >= 0.6 is 0 Å². The van der Waals surface area contributed by atoms with E-state index in [0.29, 0.717) is 23.1 Å². The molecule has 0 radical (unpaired) electrons. The van der Waals surface area contributed by atoms with Crippen molar-refractivity contribution in [2.45, 2.75) is 70.0 Å². The Kier molecular flexibility index (Phi) is 8.00. The van der Waals surface area contributed by atoms with Crippen LogP contribution in [-0.2, 0) is 4.79 Å². The van der Waals surface area contributed by atoms with E-state index in [1.807, 2.05) is 24.0 Å². The molecule has 2 aromatic carbocycles. The second kappa shape index (κ2) is 12.3. The van der Waals surface area contributed by atoms with Crippen molar-refractivity contribution in [1.29, 1.82) is 0 Å². The monoisotopic (exact) mass is 728 g/mol. The van der Waals surface area contributed by atoms with Gasteiger partial charge in [0.25, 0.3) is 0 Å². The number of benzene rings is 2. The quantitative estimate of drug-likeness (QED) is 0.198. The molecule has 1 atom stereocenters. The van der Waals surface area contributed by atoms with E-state index in [4.69, 9.17) is 14.7 Å². The highest BCUT2D eigenvalue weighted by atomic mass is 19.4. The maximum atomic E-state index is 14.1. The van der Waals surface area contributed by atoms with Crippen LogP contribution in [0.5, 0.6) is 5.75 Å². The molecule has 5 aliphatic rings. The number of nitrogens with one attached hydrogen (secondary N) is 1. The first kappa shape index (κ1) is 34.4. The summed E-state index contributed by atoms with van der Waals surface area (Å²) in [4.78, 5) is 31.4. The van der Waals surface area contributed by atoms with Crippen molar-refractivity contribution in [2.75, 3.05) is 69.8 Å². The lowest BCUT2D eigenvalue weighted by atomic mass is 9.72. The zero-order valence-electron chi connectivity index (χ0n) is 30.7. The molecule has 2 aromatic heterocycles. The van der Waals surface area contributed by atoms with E-state index in [0.717, 1.165) is 123 Å². The Labute approximate surface area is 307 Å². The minimum atomic E-state index is -4.55. The van der Waals surface area contributed by atoms with Crippen LogP contribution in [0, 0.1) is 17.8 Å². The van der Waals surface area contributed by atoms with Gasteiger partial charge in [0.15, 0.2) is 12.4 Å². The van der Waals surface area contributed by atoms with E-state index < -0.39 is 12.8 Å². The first-order valence-electron chi connectivity index (χ1n) is 18.9. The number of anilines is 2. The van der Waals surface area contributed by atoms with Crippen LogP contribution in [0.15, 0.2) is 37.1 Å². The SMILES string of the molecule is C=CC(=O)N1CC2(CCN(c3nc(N4CC5(CC[C@H](N(C)C)C5)C4)nc4c(OCC(F)(F)F)c(-c5c(C)ccc6[nH]ncc56)c(C5CC5)cc34)CC2)C1. The number of hydrogen-bond donors (Lipinski definition) is 1. The number of aromatic amines is 1. The van der Waals surface area contributed by atoms with Gasteiger partial charge in [0, 0.05) is 72.5 Å². The summed E-state index contributed by atoms with van der Waals surface area (Å²) in [5, 5.41) is 8.92. The van der Waals surface area contributed by atoms with Gasteiger partial charge in [-0.15, -0.1) is 0 Å². The van der Waals surface area contributed by atoms with E-state index in [1.54, 1.807) is 6.20 Å². The van der Waals surface area contributed by atoms with Gasteiger partial charge in [-0.05, 0) is 107 Å². The summed E-state index contributed by atoms with van der Waals surface area (Å²) in [5.74, 6) is 1.61. The van der Waals surface area contributed by atoms with Crippen LogP contribution in [0.2, 0.25) is 0 Å². The summed E-state index contributed by atoms with van der Waals surface area (Å²) in [5.41, 5.74) is 4.87.